The highest BCUT2D eigenvalue weighted by Gasteiger charge is 2.07. The third-order valence-electron chi connectivity index (χ3n) is 2.31. The van der Waals surface area contributed by atoms with Gasteiger partial charge >= 0.3 is 0 Å². The Labute approximate surface area is 90.7 Å². The van der Waals surface area contributed by atoms with Crippen molar-refractivity contribution in [2.45, 2.75) is 32.9 Å². The molecule has 15 heavy (non-hydrogen) atoms. The number of hydrogen-bond donors (Lipinski definition) is 2. The van der Waals surface area contributed by atoms with Crippen molar-refractivity contribution in [1.29, 1.82) is 0 Å². The maximum Gasteiger partial charge on any atom is 0.217 e. The van der Waals surface area contributed by atoms with Gasteiger partial charge in [-0.05, 0) is 24.5 Å². The Morgan fingerprint density at radius 1 is 1.40 bits per heavy atom. The van der Waals surface area contributed by atoms with E-state index in [0.29, 0.717) is 6.54 Å². The average molecular weight is 206 g/mol. The molecule has 0 fully saturated rings. The van der Waals surface area contributed by atoms with Crippen molar-refractivity contribution in [3.05, 3.63) is 35.4 Å². The molecule has 0 heterocycles. The zero-order valence-electron chi connectivity index (χ0n) is 9.29. The van der Waals surface area contributed by atoms with Crippen LogP contribution in [0.2, 0.25) is 0 Å². The van der Waals surface area contributed by atoms with Gasteiger partial charge in [0.2, 0.25) is 5.91 Å². The van der Waals surface area contributed by atoms with E-state index in [2.05, 4.69) is 11.4 Å². The number of carbonyl (C=O) groups is 1. The van der Waals surface area contributed by atoms with Crippen LogP contribution in [0.1, 0.15) is 25.0 Å². The van der Waals surface area contributed by atoms with Gasteiger partial charge in [-0.2, -0.15) is 0 Å². The van der Waals surface area contributed by atoms with E-state index in [4.69, 9.17) is 5.73 Å². The van der Waals surface area contributed by atoms with Gasteiger partial charge in [0.15, 0.2) is 0 Å². The van der Waals surface area contributed by atoms with E-state index in [1.54, 1.807) is 0 Å². The normalized spacial score (nSPS) is 12.2. The maximum atomic E-state index is 10.9. The van der Waals surface area contributed by atoms with Crippen LogP contribution in [0.4, 0.5) is 0 Å². The average Bonchev–Trinajstić information content (AvgIpc) is 2.17. The molecule has 82 valence electrons. The lowest BCUT2D eigenvalue weighted by molar-refractivity contribution is -0.119. The standard InChI is InChI=1S/C12H18N2O/c1-9(14-10(2)15)7-11-5-3-4-6-12(11)8-13/h3-6,9H,7-8,13H2,1-2H3,(H,14,15). The maximum absolute atomic E-state index is 10.9. The van der Waals surface area contributed by atoms with E-state index >= 15 is 0 Å². The molecule has 0 radical (unpaired) electrons. The smallest absolute Gasteiger partial charge is 0.217 e. The van der Waals surface area contributed by atoms with Crippen molar-refractivity contribution in [2.75, 3.05) is 0 Å². The summed E-state index contributed by atoms with van der Waals surface area (Å²) in [4.78, 5) is 10.9. The van der Waals surface area contributed by atoms with Crippen LogP contribution in [-0.2, 0) is 17.8 Å². The minimum absolute atomic E-state index is 0.00716. The minimum Gasteiger partial charge on any atom is -0.354 e. The molecule has 0 aliphatic heterocycles. The van der Waals surface area contributed by atoms with Gasteiger partial charge in [0.25, 0.3) is 0 Å². The second-order valence-corrected chi connectivity index (χ2v) is 3.78. The fourth-order valence-electron chi connectivity index (χ4n) is 1.68. The zero-order chi connectivity index (χ0) is 11.3. The SMILES string of the molecule is CC(=O)NC(C)Cc1ccccc1CN. The lowest BCUT2D eigenvalue weighted by Crippen LogP contribution is -2.32. The molecule has 0 aliphatic carbocycles. The lowest BCUT2D eigenvalue weighted by atomic mass is 10.0. The molecule has 3 N–H and O–H groups in total. The van der Waals surface area contributed by atoms with Crippen molar-refractivity contribution >= 4 is 5.91 Å². The number of nitrogens with one attached hydrogen (secondary N) is 1. The summed E-state index contributed by atoms with van der Waals surface area (Å²) in [5.41, 5.74) is 8.00. The van der Waals surface area contributed by atoms with Crippen LogP contribution in [0.5, 0.6) is 0 Å². The molecule has 1 unspecified atom stereocenters. The quantitative estimate of drug-likeness (QED) is 0.778. The predicted molar refractivity (Wildman–Crippen MR) is 61.3 cm³/mol. The van der Waals surface area contributed by atoms with Gasteiger partial charge in [0.1, 0.15) is 0 Å². The van der Waals surface area contributed by atoms with E-state index < -0.39 is 0 Å². The molecule has 1 aromatic rings. The number of amides is 1. The molecule has 1 amide bonds. The van der Waals surface area contributed by atoms with Gasteiger partial charge in [-0.1, -0.05) is 24.3 Å². The van der Waals surface area contributed by atoms with Crippen LogP contribution in [0, 0.1) is 0 Å². The molecule has 0 aromatic heterocycles. The van der Waals surface area contributed by atoms with Crippen molar-refractivity contribution in [3.63, 3.8) is 0 Å². The molecule has 0 saturated heterocycles. The molecule has 0 spiro atoms. The summed E-state index contributed by atoms with van der Waals surface area (Å²) in [5.74, 6) is 0.00716. The van der Waals surface area contributed by atoms with Crippen LogP contribution in [0.3, 0.4) is 0 Å². The molecular weight excluding hydrogens is 188 g/mol. The second-order valence-electron chi connectivity index (χ2n) is 3.78. The van der Waals surface area contributed by atoms with Crippen molar-refractivity contribution in [1.82, 2.24) is 5.32 Å². The highest BCUT2D eigenvalue weighted by atomic mass is 16.1. The van der Waals surface area contributed by atoms with Crippen LogP contribution in [0.15, 0.2) is 24.3 Å². The zero-order valence-corrected chi connectivity index (χ0v) is 9.29. The summed E-state index contributed by atoms with van der Waals surface area (Å²) in [6.45, 7) is 4.07. The fraction of sp³-hybridized carbons (Fsp3) is 0.417. The van der Waals surface area contributed by atoms with Crippen molar-refractivity contribution in [2.24, 2.45) is 5.73 Å². The highest BCUT2D eigenvalue weighted by molar-refractivity contribution is 5.73. The number of hydrogen-bond acceptors (Lipinski definition) is 2. The van der Waals surface area contributed by atoms with Crippen LogP contribution < -0.4 is 11.1 Å². The van der Waals surface area contributed by atoms with Crippen molar-refractivity contribution in [3.8, 4) is 0 Å². The summed E-state index contributed by atoms with van der Waals surface area (Å²) >= 11 is 0. The Morgan fingerprint density at radius 3 is 2.53 bits per heavy atom. The largest absolute Gasteiger partial charge is 0.354 e. The molecule has 0 aliphatic rings. The first-order valence-corrected chi connectivity index (χ1v) is 5.17. The predicted octanol–water partition coefficient (Wildman–Crippen LogP) is 1.21. The Kier molecular flexibility index (Phi) is 4.31. The van der Waals surface area contributed by atoms with Crippen molar-refractivity contribution < 1.29 is 4.79 Å². The van der Waals surface area contributed by atoms with Gasteiger partial charge in [0, 0.05) is 19.5 Å². The van der Waals surface area contributed by atoms with Crippen LogP contribution in [0.25, 0.3) is 0 Å². The first kappa shape index (κ1) is 11.7. The van der Waals surface area contributed by atoms with Crippen LogP contribution >= 0.6 is 0 Å². The van der Waals surface area contributed by atoms with Gasteiger partial charge in [0.05, 0.1) is 0 Å². The number of nitrogens with two attached hydrogens (primary N) is 1. The monoisotopic (exact) mass is 206 g/mol. The van der Waals surface area contributed by atoms with Gasteiger partial charge < -0.3 is 11.1 Å². The first-order valence-electron chi connectivity index (χ1n) is 5.17. The summed E-state index contributed by atoms with van der Waals surface area (Å²) in [7, 11) is 0. The van der Waals surface area contributed by atoms with E-state index in [1.165, 1.54) is 12.5 Å². The Hall–Kier alpha value is -1.35. The number of carbonyl (C=O) groups excluding carboxylic acids is 1. The van der Waals surface area contributed by atoms with Gasteiger partial charge in [-0.25, -0.2) is 0 Å². The van der Waals surface area contributed by atoms with Gasteiger partial charge in [-0.15, -0.1) is 0 Å². The minimum atomic E-state index is 0.00716. The number of rotatable bonds is 4. The molecule has 3 nitrogen and oxygen atoms in total. The first-order chi connectivity index (χ1) is 7.13. The summed E-state index contributed by atoms with van der Waals surface area (Å²) in [6.07, 6.45) is 0.826. The molecule has 0 saturated carbocycles. The molecule has 0 bridgehead atoms. The third-order valence-corrected chi connectivity index (χ3v) is 2.31. The Bertz CT molecular complexity index is 336. The molecule has 1 aromatic carbocycles. The summed E-state index contributed by atoms with van der Waals surface area (Å²) < 4.78 is 0. The molecule has 1 rings (SSSR count). The topological polar surface area (TPSA) is 55.1 Å². The molecule has 1 atom stereocenters. The fourth-order valence-corrected chi connectivity index (χ4v) is 1.68. The summed E-state index contributed by atoms with van der Waals surface area (Å²) in [5, 5.41) is 2.86. The van der Waals surface area contributed by atoms with Crippen LogP contribution in [-0.4, -0.2) is 11.9 Å². The highest BCUT2D eigenvalue weighted by Crippen LogP contribution is 2.10. The van der Waals surface area contributed by atoms with E-state index in [1.807, 2.05) is 25.1 Å². The molecular formula is C12H18N2O. The molecule has 3 heteroatoms. The Morgan fingerprint density at radius 2 is 2.00 bits per heavy atom. The van der Waals surface area contributed by atoms with Gasteiger partial charge in [-0.3, -0.25) is 4.79 Å². The third kappa shape index (κ3) is 3.72. The van der Waals surface area contributed by atoms with E-state index in [0.717, 1.165) is 12.0 Å². The Balaban J connectivity index is 2.67. The van der Waals surface area contributed by atoms with E-state index in [9.17, 15) is 4.79 Å². The second kappa shape index (κ2) is 5.51. The van der Waals surface area contributed by atoms with E-state index in [-0.39, 0.29) is 11.9 Å². The lowest BCUT2D eigenvalue weighted by Gasteiger charge is -2.14. The summed E-state index contributed by atoms with van der Waals surface area (Å²) in [6, 6.07) is 8.20. The number of benzene rings is 1.